The van der Waals surface area contributed by atoms with Crippen molar-refractivity contribution in [3.63, 3.8) is 0 Å². The van der Waals surface area contributed by atoms with Crippen LogP contribution in [0.15, 0.2) is 72.3 Å². The van der Waals surface area contributed by atoms with Crippen molar-refractivity contribution in [3.05, 3.63) is 83.4 Å². The average Bonchev–Trinajstić information content (AvgIpc) is 2.71. The van der Waals surface area contributed by atoms with E-state index in [0.29, 0.717) is 5.78 Å². The van der Waals surface area contributed by atoms with Crippen LogP contribution in [0.5, 0.6) is 5.75 Å². The van der Waals surface area contributed by atoms with Gasteiger partial charge < -0.3 is 4.74 Å². The van der Waals surface area contributed by atoms with Gasteiger partial charge in [0.25, 0.3) is 0 Å². The number of carbonyl (C=O) groups excluding carboxylic acids is 1. The van der Waals surface area contributed by atoms with E-state index in [1.54, 1.807) is 7.11 Å². The summed E-state index contributed by atoms with van der Waals surface area (Å²) in [7, 11) is 1.68. The Hall–Kier alpha value is -2.61. The van der Waals surface area contributed by atoms with Gasteiger partial charge in [0.05, 0.1) is 13.0 Å². The Kier molecular flexibility index (Phi) is 6.08. The van der Waals surface area contributed by atoms with Crippen LogP contribution in [-0.2, 0) is 4.79 Å². The first-order valence-electron chi connectivity index (χ1n) is 10.7. The molecule has 0 saturated carbocycles. The first-order chi connectivity index (χ1) is 14.0. The van der Waals surface area contributed by atoms with Crippen LogP contribution < -0.4 is 4.74 Å². The molecule has 30 heavy (non-hydrogen) atoms. The minimum absolute atomic E-state index is 0.00857. The van der Waals surface area contributed by atoms with Crippen LogP contribution >= 0.6 is 0 Å². The first-order valence-corrected chi connectivity index (χ1v) is 10.7. The van der Waals surface area contributed by atoms with Gasteiger partial charge in [-0.3, -0.25) is 4.79 Å². The molecule has 0 fully saturated rings. The average molecular weight is 403 g/mol. The van der Waals surface area contributed by atoms with Gasteiger partial charge in [-0.1, -0.05) is 102 Å². The van der Waals surface area contributed by atoms with Crippen LogP contribution in [0.4, 0.5) is 0 Å². The van der Waals surface area contributed by atoms with Crippen molar-refractivity contribution in [2.24, 2.45) is 16.7 Å². The molecule has 2 nitrogen and oxygen atoms in total. The number of hydrogen-bond donors (Lipinski definition) is 0. The number of allylic oxidation sites excluding steroid dienone is 4. The summed E-state index contributed by atoms with van der Waals surface area (Å²) in [6.45, 7) is 12.7. The van der Waals surface area contributed by atoms with Crippen LogP contribution in [0.25, 0.3) is 5.57 Å². The summed E-state index contributed by atoms with van der Waals surface area (Å²) in [5.41, 5.74) is 4.15. The highest BCUT2D eigenvalue weighted by molar-refractivity contribution is 5.92. The number of hydrogen-bond acceptors (Lipinski definition) is 2. The van der Waals surface area contributed by atoms with E-state index in [9.17, 15) is 4.79 Å². The van der Waals surface area contributed by atoms with Crippen LogP contribution in [-0.4, -0.2) is 12.9 Å². The van der Waals surface area contributed by atoms with E-state index in [-0.39, 0.29) is 17.3 Å². The third-order valence-electron chi connectivity index (χ3n) is 5.86. The molecule has 2 aromatic carbocycles. The number of ketones is 1. The Morgan fingerprint density at radius 3 is 1.97 bits per heavy atom. The smallest absolute Gasteiger partial charge is 0.146 e. The zero-order valence-corrected chi connectivity index (χ0v) is 19.3. The molecular weight excluding hydrogens is 368 g/mol. The number of methoxy groups -OCH3 is 1. The topological polar surface area (TPSA) is 26.3 Å². The van der Waals surface area contributed by atoms with Gasteiger partial charge in [0, 0.05) is 11.3 Å². The summed E-state index contributed by atoms with van der Waals surface area (Å²) >= 11 is 0. The standard InChI is InChI=1S/C28H34O2/c1-27(2,3)24-18-21(19-13-15-22(30-7)16-14-19)17-23(20-11-9-8-10-12-20)25(24)26(29)28(4,5)6/h8-18,23,25H,1-7H3/t23-,25-/m0/s1. The lowest BCUT2D eigenvalue weighted by Gasteiger charge is -2.40. The number of carbonyl (C=O) groups is 1. The number of ether oxygens (including phenoxy) is 1. The highest BCUT2D eigenvalue weighted by Crippen LogP contribution is 2.48. The molecule has 0 bridgehead atoms. The molecule has 0 aliphatic heterocycles. The number of Topliss-reactive ketones (excluding diaryl/α,β-unsaturated/α-hetero) is 1. The SMILES string of the molecule is COc1ccc(C2=C[C@@H](c3ccccc3)[C@H](C(=O)C(C)(C)C)C(C(C)(C)C)=C2)cc1. The van der Waals surface area contributed by atoms with E-state index in [2.05, 4.69) is 69.3 Å². The van der Waals surface area contributed by atoms with E-state index >= 15 is 0 Å². The van der Waals surface area contributed by atoms with Crippen molar-refractivity contribution in [2.45, 2.75) is 47.5 Å². The molecule has 3 rings (SSSR count). The Morgan fingerprint density at radius 1 is 0.867 bits per heavy atom. The minimum atomic E-state index is -0.409. The van der Waals surface area contributed by atoms with Crippen LogP contribution in [0.3, 0.4) is 0 Å². The van der Waals surface area contributed by atoms with E-state index in [1.807, 2.05) is 39.0 Å². The van der Waals surface area contributed by atoms with E-state index in [0.717, 1.165) is 16.9 Å². The molecule has 0 N–H and O–H groups in total. The lowest BCUT2D eigenvalue weighted by Crippen LogP contribution is -2.37. The second-order valence-electron chi connectivity index (χ2n) is 10.2. The number of benzene rings is 2. The van der Waals surface area contributed by atoms with Crippen LogP contribution in [0.2, 0.25) is 0 Å². The molecule has 2 heteroatoms. The predicted octanol–water partition coefficient (Wildman–Crippen LogP) is 7.08. The Morgan fingerprint density at radius 2 is 1.47 bits per heavy atom. The van der Waals surface area contributed by atoms with Crippen molar-refractivity contribution < 1.29 is 9.53 Å². The van der Waals surface area contributed by atoms with Crippen LogP contribution in [0.1, 0.15) is 58.6 Å². The summed E-state index contributed by atoms with van der Waals surface area (Å²) in [5, 5.41) is 0. The van der Waals surface area contributed by atoms with Gasteiger partial charge in [0.15, 0.2) is 0 Å². The van der Waals surface area contributed by atoms with E-state index in [4.69, 9.17) is 4.74 Å². The number of rotatable bonds is 4. The summed E-state index contributed by atoms with van der Waals surface area (Å²) in [6, 6.07) is 18.6. The van der Waals surface area contributed by atoms with E-state index in [1.165, 1.54) is 11.1 Å². The maximum absolute atomic E-state index is 13.7. The first kappa shape index (κ1) is 22.1. The minimum Gasteiger partial charge on any atom is -0.497 e. The molecule has 0 aromatic heterocycles. The van der Waals surface area contributed by atoms with Crippen molar-refractivity contribution in [2.75, 3.05) is 7.11 Å². The largest absolute Gasteiger partial charge is 0.497 e. The van der Waals surface area contributed by atoms with Gasteiger partial charge in [0.2, 0.25) is 0 Å². The second kappa shape index (κ2) is 8.26. The summed E-state index contributed by atoms with van der Waals surface area (Å²) < 4.78 is 5.33. The maximum atomic E-state index is 13.7. The lowest BCUT2D eigenvalue weighted by atomic mass is 9.63. The van der Waals surface area contributed by atoms with Crippen molar-refractivity contribution in [1.82, 2.24) is 0 Å². The second-order valence-corrected chi connectivity index (χ2v) is 10.2. The molecular formula is C28H34O2. The Balaban J connectivity index is 2.20. The van der Waals surface area contributed by atoms with Crippen molar-refractivity contribution >= 4 is 11.4 Å². The third-order valence-corrected chi connectivity index (χ3v) is 5.86. The molecule has 158 valence electrons. The summed E-state index contributed by atoms with van der Waals surface area (Å²) in [5.74, 6) is 0.974. The van der Waals surface area contributed by atoms with Crippen LogP contribution in [0, 0.1) is 16.7 Å². The van der Waals surface area contributed by atoms with Gasteiger partial charge in [-0.15, -0.1) is 0 Å². The third kappa shape index (κ3) is 4.59. The highest BCUT2D eigenvalue weighted by Gasteiger charge is 2.42. The van der Waals surface area contributed by atoms with Gasteiger partial charge in [-0.25, -0.2) is 0 Å². The summed E-state index contributed by atoms with van der Waals surface area (Å²) in [6.07, 6.45) is 4.52. The van der Waals surface area contributed by atoms with Gasteiger partial charge in [-0.2, -0.15) is 0 Å². The highest BCUT2D eigenvalue weighted by atomic mass is 16.5. The molecule has 0 unspecified atom stereocenters. The van der Waals surface area contributed by atoms with E-state index < -0.39 is 5.41 Å². The quantitative estimate of drug-likeness (QED) is 0.546. The van der Waals surface area contributed by atoms with Crippen molar-refractivity contribution in [3.8, 4) is 5.75 Å². The molecule has 0 saturated heterocycles. The molecule has 1 aliphatic carbocycles. The molecule has 0 amide bonds. The monoisotopic (exact) mass is 402 g/mol. The fraction of sp³-hybridized carbons (Fsp3) is 0.393. The predicted molar refractivity (Wildman–Crippen MR) is 126 cm³/mol. The fourth-order valence-electron chi connectivity index (χ4n) is 4.17. The van der Waals surface area contributed by atoms with Gasteiger partial charge in [0.1, 0.15) is 11.5 Å². The summed E-state index contributed by atoms with van der Waals surface area (Å²) in [4.78, 5) is 13.7. The normalized spacial score (nSPS) is 19.7. The Labute approximate surface area is 181 Å². The molecule has 2 aromatic rings. The zero-order chi connectivity index (χ0) is 22.1. The molecule has 0 heterocycles. The molecule has 1 aliphatic rings. The van der Waals surface area contributed by atoms with Crippen molar-refractivity contribution in [1.29, 1.82) is 0 Å². The lowest BCUT2D eigenvalue weighted by molar-refractivity contribution is -0.130. The van der Waals surface area contributed by atoms with Gasteiger partial charge in [-0.05, 0) is 34.2 Å². The fourth-order valence-corrected chi connectivity index (χ4v) is 4.17. The molecule has 0 spiro atoms. The zero-order valence-electron chi connectivity index (χ0n) is 19.3. The van der Waals surface area contributed by atoms with Gasteiger partial charge >= 0.3 is 0 Å². The molecule has 2 atom stereocenters. The Bertz CT molecular complexity index is 948. The molecule has 0 radical (unpaired) electrons. The maximum Gasteiger partial charge on any atom is 0.146 e.